The minimum atomic E-state index is -0.942. The molecule has 1 fully saturated rings. The highest BCUT2D eigenvalue weighted by Crippen LogP contribution is 2.39. The van der Waals surface area contributed by atoms with Gasteiger partial charge in [0, 0.05) is 37.8 Å². The number of benzene rings is 2. The largest absolute Gasteiger partial charge is 0.338 e. The molecule has 0 bridgehead atoms. The van der Waals surface area contributed by atoms with Crippen LogP contribution in [0.4, 0.5) is 10.5 Å². The Morgan fingerprint density at radius 2 is 1.81 bits per heavy atom. The number of rotatable bonds is 6. The summed E-state index contributed by atoms with van der Waals surface area (Å²) in [6.07, 6.45) is 1.90. The summed E-state index contributed by atoms with van der Waals surface area (Å²) >= 11 is 0. The lowest BCUT2D eigenvalue weighted by atomic mass is 10.0. The Morgan fingerprint density at radius 3 is 2.56 bits per heavy atom. The van der Waals surface area contributed by atoms with E-state index in [1.807, 2.05) is 30.3 Å². The zero-order valence-corrected chi connectivity index (χ0v) is 19.6. The monoisotopic (exact) mass is 487 g/mol. The first-order chi connectivity index (χ1) is 17.3. The number of carbonyl (C=O) groups excluding carboxylic acids is 3. The maximum absolute atomic E-state index is 13.5. The van der Waals surface area contributed by atoms with Crippen molar-refractivity contribution in [3.8, 4) is 0 Å². The Hall–Kier alpha value is -4.47. The lowest BCUT2D eigenvalue weighted by Gasteiger charge is -2.41. The third-order valence-electron chi connectivity index (χ3n) is 6.89. The number of nitro benzene ring substituents is 1. The number of carbonyl (C=O) groups is 3. The van der Waals surface area contributed by atoms with Gasteiger partial charge >= 0.3 is 6.03 Å². The maximum atomic E-state index is 13.5. The Kier molecular flexibility index (Phi) is 6.01. The van der Waals surface area contributed by atoms with Crippen molar-refractivity contribution in [2.45, 2.75) is 37.6 Å². The third-order valence-corrected chi connectivity index (χ3v) is 6.89. The second-order valence-corrected chi connectivity index (χ2v) is 9.12. The van der Waals surface area contributed by atoms with Crippen LogP contribution in [0.5, 0.6) is 0 Å². The number of aromatic nitrogens is 1. The second-order valence-electron chi connectivity index (χ2n) is 9.12. The van der Waals surface area contributed by atoms with Crippen LogP contribution in [0, 0.1) is 10.1 Å². The fourth-order valence-electron chi connectivity index (χ4n) is 5.19. The molecule has 1 aromatic heterocycles. The molecule has 1 saturated carbocycles. The summed E-state index contributed by atoms with van der Waals surface area (Å²) in [6.45, 7) is 0.296. The van der Waals surface area contributed by atoms with Gasteiger partial charge in [-0.1, -0.05) is 48.5 Å². The van der Waals surface area contributed by atoms with Gasteiger partial charge in [-0.2, -0.15) is 0 Å². The molecule has 2 aromatic carbocycles. The van der Waals surface area contributed by atoms with E-state index >= 15 is 0 Å². The third kappa shape index (κ3) is 4.10. The van der Waals surface area contributed by atoms with Crippen molar-refractivity contribution in [2.24, 2.45) is 0 Å². The van der Waals surface area contributed by atoms with E-state index in [4.69, 9.17) is 0 Å². The highest BCUT2D eigenvalue weighted by atomic mass is 16.6. The Morgan fingerprint density at radius 1 is 1.08 bits per heavy atom. The average molecular weight is 488 g/mol. The molecular weight excluding hydrogens is 462 g/mol. The van der Waals surface area contributed by atoms with Crippen molar-refractivity contribution >= 4 is 23.4 Å². The summed E-state index contributed by atoms with van der Waals surface area (Å²) in [5.74, 6) is -0.528. The molecule has 3 aromatic rings. The van der Waals surface area contributed by atoms with E-state index in [2.05, 4.69) is 5.32 Å². The molecule has 1 N–H and O–H groups in total. The van der Waals surface area contributed by atoms with E-state index in [9.17, 15) is 24.5 Å². The van der Waals surface area contributed by atoms with E-state index in [0.717, 1.165) is 5.56 Å². The molecule has 5 rings (SSSR count). The number of Topliss-reactive ketones (excluding diaryl/α,β-unsaturated/α-hetero) is 1. The van der Waals surface area contributed by atoms with Crippen molar-refractivity contribution in [3.05, 3.63) is 99.9 Å². The Bertz CT molecular complexity index is 1340. The Balaban J connectivity index is 1.45. The van der Waals surface area contributed by atoms with Gasteiger partial charge in [-0.15, -0.1) is 0 Å². The van der Waals surface area contributed by atoms with Crippen molar-refractivity contribution in [2.75, 3.05) is 7.05 Å². The molecule has 0 radical (unpaired) electrons. The van der Waals surface area contributed by atoms with Crippen LogP contribution in [-0.2, 0) is 17.9 Å². The van der Waals surface area contributed by atoms with Crippen molar-refractivity contribution in [3.63, 3.8) is 0 Å². The van der Waals surface area contributed by atoms with Crippen molar-refractivity contribution in [1.82, 2.24) is 19.7 Å². The average Bonchev–Trinajstić information content (AvgIpc) is 3.48. The molecular formula is C26H25N5O5. The lowest BCUT2D eigenvalue weighted by Crippen LogP contribution is -2.58. The molecule has 3 atom stereocenters. The van der Waals surface area contributed by atoms with E-state index < -0.39 is 23.0 Å². The smallest absolute Gasteiger partial charge is 0.318 e. The molecule has 10 heteroatoms. The molecule has 0 spiro atoms. The molecule has 10 nitrogen and oxygen atoms in total. The Labute approximate surface area is 207 Å². The van der Waals surface area contributed by atoms with Crippen LogP contribution in [0.15, 0.2) is 72.9 Å². The van der Waals surface area contributed by atoms with Crippen LogP contribution in [0.25, 0.3) is 0 Å². The zero-order valence-electron chi connectivity index (χ0n) is 19.6. The number of para-hydroxylation sites is 1. The van der Waals surface area contributed by atoms with Crippen molar-refractivity contribution in [1.29, 1.82) is 0 Å². The van der Waals surface area contributed by atoms with Gasteiger partial charge in [0.1, 0.15) is 11.7 Å². The topological polar surface area (TPSA) is 118 Å². The quantitative estimate of drug-likeness (QED) is 0.423. The van der Waals surface area contributed by atoms with Gasteiger partial charge < -0.3 is 19.7 Å². The number of nitrogens with zero attached hydrogens (tertiary/aromatic N) is 4. The molecule has 2 aliphatic rings. The molecule has 1 aliphatic carbocycles. The summed E-state index contributed by atoms with van der Waals surface area (Å²) < 4.78 is 1.78. The number of urea groups is 1. The first kappa shape index (κ1) is 23.3. The van der Waals surface area contributed by atoms with E-state index in [1.54, 1.807) is 48.1 Å². The highest BCUT2D eigenvalue weighted by molar-refractivity contribution is 5.98. The lowest BCUT2D eigenvalue weighted by molar-refractivity contribution is -0.385. The highest BCUT2D eigenvalue weighted by Gasteiger charge is 2.52. The summed E-state index contributed by atoms with van der Waals surface area (Å²) in [4.78, 5) is 53.9. The fraction of sp³-hybridized carbons (Fsp3) is 0.269. The van der Waals surface area contributed by atoms with Crippen LogP contribution in [0.2, 0.25) is 0 Å². The molecule has 3 amide bonds. The predicted molar refractivity (Wildman–Crippen MR) is 130 cm³/mol. The second kappa shape index (κ2) is 9.29. The minimum absolute atomic E-state index is 0.0537. The van der Waals surface area contributed by atoms with Gasteiger partial charge in [-0.25, -0.2) is 4.79 Å². The van der Waals surface area contributed by atoms with Gasteiger partial charge in [-0.05, 0) is 17.7 Å². The summed E-state index contributed by atoms with van der Waals surface area (Å²) in [6, 6.07) is 16.7. The number of hydrogen-bond donors (Lipinski definition) is 1. The molecule has 1 aliphatic heterocycles. The molecule has 0 saturated heterocycles. The minimum Gasteiger partial charge on any atom is -0.338 e. The first-order valence-corrected chi connectivity index (χ1v) is 11.6. The molecule has 184 valence electrons. The van der Waals surface area contributed by atoms with Gasteiger partial charge in [0.05, 0.1) is 23.6 Å². The van der Waals surface area contributed by atoms with E-state index in [-0.39, 0.29) is 36.4 Å². The van der Waals surface area contributed by atoms with Crippen LogP contribution < -0.4 is 5.32 Å². The standard InChI is InChI=1S/C26H25N5O5/c1-28(15-17-8-3-2-4-9-17)26(34)27-23-22(32)14-21-24(23)30(25(33)20-12-7-13-29(20)21)16-18-10-5-6-11-19(18)31(35)36/h2-13,21,23-24H,14-16H2,1H3,(H,27,34)/t21-,23-,24-/m1/s1. The van der Waals surface area contributed by atoms with Gasteiger partial charge in [0.2, 0.25) is 0 Å². The normalized spacial score (nSPS) is 20.6. The number of nitrogens with one attached hydrogen (secondary N) is 1. The van der Waals surface area contributed by atoms with Crippen LogP contribution in [-0.4, -0.2) is 56.1 Å². The number of fused-ring (bicyclic) bond motifs is 3. The van der Waals surface area contributed by atoms with Crippen molar-refractivity contribution < 1.29 is 19.3 Å². The summed E-state index contributed by atoms with van der Waals surface area (Å²) in [7, 11) is 1.64. The van der Waals surface area contributed by atoms with Crippen LogP contribution in [0.3, 0.4) is 0 Å². The first-order valence-electron chi connectivity index (χ1n) is 11.6. The molecule has 2 heterocycles. The zero-order chi connectivity index (χ0) is 25.4. The fourth-order valence-corrected chi connectivity index (χ4v) is 5.19. The van der Waals surface area contributed by atoms with Crippen LogP contribution >= 0.6 is 0 Å². The number of nitro groups is 1. The number of ketones is 1. The van der Waals surface area contributed by atoms with Crippen LogP contribution in [0.1, 0.15) is 34.1 Å². The summed E-state index contributed by atoms with van der Waals surface area (Å²) in [5.41, 5.74) is 1.61. The molecule has 36 heavy (non-hydrogen) atoms. The van der Waals surface area contributed by atoms with Gasteiger partial charge in [0.15, 0.2) is 5.78 Å². The number of hydrogen-bond acceptors (Lipinski definition) is 5. The number of amides is 3. The van der Waals surface area contributed by atoms with Gasteiger partial charge in [-0.3, -0.25) is 19.7 Å². The predicted octanol–water partition coefficient (Wildman–Crippen LogP) is 3.15. The molecule has 0 unspecified atom stereocenters. The van der Waals surface area contributed by atoms with E-state index in [0.29, 0.717) is 17.8 Å². The maximum Gasteiger partial charge on any atom is 0.318 e. The van der Waals surface area contributed by atoms with Gasteiger partial charge in [0.25, 0.3) is 11.6 Å². The summed E-state index contributed by atoms with van der Waals surface area (Å²) in [5, 5.41) is 14.4. The van der Waals surface area contributed by atoms with E-state index in [1.165, 1.54) is 15.9 Å². The SMILES string of the molecule is CN(Cc1ccccc1)C(=O)N[C@@H]1C(=O)C[C@@H]2[C@H]1N(Cc1ccccc1[N+](=O)[O-])C(=O)c1cccn12.